The summed E-state index contributed by atoms with van der Waals surface area (Å²) in [6, 6.07) is -9.14. The maximum atomic E-state index is 14.9. The molecule has 48 heteroatoms. The number of rotatable bonds is 62. The molecule has 0 radical (unpaired) electrons. The number of phenolic OH excluding ortho intramolecular Hbond substituents is 1. The number of carbonyl (C=O) groups is 12. The van der Waals surface area contributed by atoms with Gasteiger partial charge in [-0.3, -0.25) is 87.5 Å². The van der Waals surface area contributed by atoms with Gasteiger partial charge in [-0.25, -0.2) is 0 Å². The molecule has 115 heavy (non-hydrogen) atoms. The number of aliphatic imine (C=N–C) groups is 6. The number of aromatic hydroxyl groups is 1. The van der Waals surface area contributed by atoms with E-state index in [1.807, 2.05) is 0 Å². The number of thiol groups is 1. The molecule has 1 aromatic rings. The van der Waals surface area contributed by atoms with Gasteiger partial charge in [0.25, 0.3) is 0 Å². The summed E-state index contributed by atoms with van der Waals surface area (Å²) in [7, 11) is 0. The molecule has 0 spiro atoms. The highest BCUT2D eigenvalue weighted by molar-refractivity contribution is 7.80. The van der Waals surface area contributed by atoms with Crippen molar-refractivity contribution >= 4 is 119 Å². The number of benzene rings is 1. The minimum absolute atomic E-state index is 0.00875. The molecule has 47 nitrogen and oxygen atoms in total. The molecule has 0 aliphatic rings. The van der Waals surface area contributed by atoms with Crippen molar-refractivity contribution in [2.75, 3.05) is 71.2 Å². The molecular weight excluding hydrogens is 1520 g/mol. The van der Waals surface area contributed by atoms with E-state index in [1.54, 1.807) is 12.1 Å². The lowest BCUT2D eigenvalue weighted by molar-refractivity contribution is -0.136. The number of primary amides is 2. The molecule has 0 fully saturated rings. The fourth-order valence-electron chi connectivity index (χ4n) is 11.0. The first kappa shape index (κ1) is 101. The molecule has 0 bridgehead atoms. The Morgan fingerprint density at radius 3 is 0.887 bits per heavy atom. The lowest BCUT2D eigenvalue weighted by atomic mass is 10.0. The van der Waals surface area contributed by atoms with Gasteiger partial charge in [-0.05, 0) is 153 Å². The van der Waals surface area contributed by atoms with Crippen LogP contribution in [0, 0.1) is 0 Å². The van der Waals surface area contributed by atoms with E-state index in [1.165, 1.54) is 12.1 Å². The number of amides is 12. The lowest BCUT2D eigenvalue weighted by Gasteiger charge is -2.28. The van der Waals surface area contributed by atoms with Crippen LogP contribution in [0.4, 0.5) is 0 Å². The van der Waals surface area contributed by atoms with Gasteiger partial charge in [0.2, 0.25) is 70.9 Å². The summed E-state index contributed by atoms with van der Waals surface area (Å²) < 4.78 is 0. The Balaban J connectivity index is 3.91. The van der Waals surface area contributed by atoms with Gasteiger partial charge >= 0.3 is 0 Å². The molecular formula is C67H126N34O13S. The number of unbranched alkanes of at least 4 members (excludes halogenated alkanes) is 2. The molecule has 0 saturated carbocycles. The fraction of sp³-hybridized carbons (Fsp3) is 0.642. The average Bonchev–Trinajstić information content (AvgIpc) is 0.848. The molecule has 0 aromatic heterocycles. The first-order chi connectivity index (χ1) is 54.5. The van der Waals surface area contributed by atoms with Gasteiger partial charge in [0, 0.05) is 71.0 Å². The van der Waals surface area contributed by atoms with Crippen LogP contribution in [-0.2, 0) is 64.0 Å². The standard InChI is InChI=1S/C67H126N34O13S/c68-25-3-1-11-42(94-54(107)41(14-6-28-88-63(75)76)85-33-34-86-53(106)49(101-52(105)39(70)36-115)35-37-19-21-38(102)22-20-37)56(109)95-43(12-2-4-26-69)57(110)97-45(16-8-30-90-65(79)80)58(111)98-47(18-10-32-92-67(83)84)60(113)100-48(23-24-50(71)103)61(114)99-46(17-9-31-91-66(81)82)59(112)96-44(15-7-29-89-64(77)78)55(108)93-40(51(72)104)13-5-27-87-62(73)74/h19-22,39-49,85,102,115H,1-18,23-36,68-70H2,(H2,71,103)(H2,72,104)(H,86,106)(H,93,108)(H,94,107)(H,95,109)(H,96,112)(H,97,110)(H,98,111)(H,99,114)(H,100,113)(H,101,105)(H4,73,74,87)(H4,75,76,88)(H4,77,78,89)(H4,79,80,90)(H4,81,82,91)(H4,83,84,92)/t39-,40-,41-,42-,43-,44-,45-,46-,47-,48-,49-/m0/s1. The number of guanidine groups is 6. The van der Waals surface area contributed by atoms with Crippen LogP contribution < -0.4 is 156 Å². The zero-order chi connectivity index (χ0) is 86.4. The van der Waals surface area contributed by atoms with E-state index in [9.17, 15) is 62.6 Å². The Morgan fingerprint density at radius 1 is 0.330 bits per heavy atom. The van der Waals surface area contributed by atoms with Crippen LogP contribution in [0.2, 0.25) is 0 Å². The molecule has 0 saturated heterocycles. The van der Waals surface area contributed by atoms with Crippen molar-refractivity contribution in [2.45, 2.75) is 201 Å². The van der Waals surface area contributed by atoms with Crippen LogP contribution in [0.1, 0.15) is 134 Å². The summed E-state index contributed by atoms with van der Waals surface area (Å²) in [5.41, 5.74) is 96.2. The van der Waals surface area contributed by atoms with E-state index in [-0.39, 0.29) is 215 Å². The second-order valence-electron chi connectivity index (χ2n) is 26.7. The summed E-state index contributed by atoms with van der Waals surface area (Å²) in [5.74, 6) is -12.2. The number of phenols is 1. The minimum atomic E-state index is -1.72. The van der Waals surface area contributed by atoms with E-state index in [0.29, 0.717) is 24.8 Å². The molecule has 11 atom stereocenters. The zero-order valence-electron chi connectivity index (χ0n) is 65.1. The van der Waals surface area contributed by atoms with Crippen LogP contribution in [-0.4, -0.2) is 249 Å². The number of nitrogens with one attached hydrogen (secondary N) is 11. The second kappa shape index (κ2) is 58.3. The number of carbonyl (C=O) groups excluding carboxylic acids is 12. The summed E-state index contributed by atoms with van der Waals surface area (Å²) in [6.45, 7) is 0.169. The Morgan fingerprint density at radius 2 is 0.600 bits per heavy atom. The molecule has 0 aliphatic carbocycles. The van der Waals surface area contributed by atoms with Crippen molar-refractivity contribution in [3.05, 3.63) is 29.8 Å². The van der Waals surface area contributed by atoms with Crippen LogP contribution in [0.3, 0.4) is 0 Å². The van der Waals surface area contributed by atoms with Crippen molar-refractivity contribution in [3.8, 4) is 5.75 Å². The highest BCUT2D eigenvalue weighted by atomic mass is 32.1. The smallest absolute Gasteiger partial charge is 0.243 e. The quantitative estimate of drug-likeness (QED) is 0.0125. The normalized spacial score (nSPS) is 13.7. The van der Waals surface area contributed by atoms with Gasteiger partial charge in [-0.15, -0.1) is 0 Å². The number of hydrogen-bond donors (Lipinski definition) is 30. The van der Waals surface area contributed by atoms with Gasteiger partial charge in [0.1, 0.15) is 60.1 Å². The van der Waals surface area contributed by atoms with Crippen molar-refractivity contribution < 1.29 is 62.6 Å². The van der Waals surface area contributed by atoms with E-state index in [4.69, 9.17) is 97.5 Å². The largest absolute Gasteiger partial charge is 0.508 e. The predicted octanol–water partition coefficient (Wildman–Crippen LogP) is -12.0. The fourth-order valence-corrected chi connectivity index (χ4v) is 11.1. The highest BCUT2D eigenvalue weighted by Crippen LogP contribution is 2.15. The van der Waals surface area contributed by atoms with Gasteiger partial charge in [-0.1, -0.05) is 12.1 Å². The van der Waals surface area contributed by atoms with Crippen LogP contribution in [0.15, 0.2) is 54.2 Å². The van der Waals surface area contributed by atoms with E-state index in [2.05, 4.69) is 101 Å². The summed E-state index contributed by atoms with van der Waals surface area (Å²) in [6.07, 6.45) is -0.00488. The van der Waals surface area contributed by atoms with Gasteiger partial charge in [-0.2, -0.15) is 12.6 Å². The zero-order valence-corrected chi connectivity index (χ0v) is 66.0. The maximum absolute atomic E-state index is 14.9. The number of nitrogens with two attached hydrogens (primary N) is 17. The first-order valence-electron chi connectivity index (χ1n) is 37.7. The number of hydrogen-bond acceptors (Lipinski definition) is 24. The van der Waals surface area contributed by atoms with Crippen LogP contribution in [0.5, 0.6) is 5.75 Å². The van der Waals surface area contributed by atoms with Gasteiger partial charge in [0.15, 0.2) is 35.8 Å². The van der Waals surface area contributed by atoms with E-state index < -0.39 is 150 Å². The molecule has 648 valence electrons. The first-order valence-corrected chi connectivity index (χ1v) is 38.3. The highest BCUT2D eigenvalue weighted by Gasteiger charge is 2.36. The Labute approximate surface area is 673 Å². The maximum Gasteiger partial charge on any atom is 0.243 e. The molecule has 1 rings (SSSR count). The van der Waals surface area contributed by atoms with Gasteiger partial charge < -0.3 is 161 Å². The second-order valence-corrected chi connectivity index (χ2v) is 27.0. The SMILES string of the molecule is NCCCC[C@H](NC(=O)[C@H](CCCN=C(N)N)NCCNC(=O)[C@H](Cc1ccc(O)cc1)NC(=O)[C@@H](N)CS)C(=O)N[C@@H](CCCCN)C(=O)N[C@@H](CCCN=C(N)N)C(=O)N[C@@H](CCCN=C(N)N)C(=O)N[C@@H](CCC(N)=O)C(=O)N[C@@H](CCCN=C(N)N)C(=O)N[C@@H](CCCN=C(N)N)C(=O)N[C@@H](CCCN=C(N)N)C(N)=O. The van der Waals surface area contributed by atoms with Crippen LogP contribution in [0.25, 0.3) is 0 Å². The van der Waals surface area contributed by atoms with Crippen molar-refractivity contribution in [1.82, 2.24) is 58.5 Å². The Bertz CT molecular complexity index is 3400. The monoisotopic (exact) mass is 1650 g/mol. The lowest BCUT2D eigenvalue weighted by Crippen LogP contribution is -2.60. The molecule has 12 amide bonds. The third kappa shape index (κ3) is 46.9. The topological polar surface area (TPSA) is 874 Å². The molecule has 0 unspecified atom stereocenters. The predicted molar refractivity (Wildman–Crippen MR) is 439 cm³/mol. The molecule has 0 heterocycles. The average molecular weight is 1650 g/mol. The summed E-state index contributed by atoms with van der Waals surface area (Å²) >= 11 is 4.09. The summed E-state index contributed by atoms with van der Waals surface area (Å²) in [5, 5.41) is 39.4. The Hall–Kier alpha value is -11.5. The Kier molecular flexibility index (Phi) is 51.5. The molecule has 0 aliphatic heterocycles. The van der Waals surface area contributed by atoms with Crippen molar-refractivity contribution in [1.29, 1.82) is 0 Å². The third-order valence-electron chi connectivity index (χ3n) is 17.0. The third-order valence-corrected chi connectivity index (χ3v) is 17.4. The van der Waals surface area contributed by atoms with E-state index in [0.717, 1.165) is 0 Å². The summed E-state index contributed by atoms with van der Waals surface area (Å²) in [4.78, 5) is 192. The van der Waals surface area contributed by atoms with Crippen LogP contribution >= 0.6 is 12.6 Å². The van der Waals surface area contributed by atoms with E-state index >= 15 is 0 Å². The molecule has 1 aromatic carbocycles. The van der Waals surface area contributed by atoms with Gasteiger partial charge in [0.05, 0.1) is 12.1 Å². The van der Waals surface area contributed by atoms with Crippen molar-refractivity contribution in [2.24, 2.45) is 127 Å². The number of nitrogens with zero attached hydrogens (tertiary/aromatic N) is 6. The minimum Gasteiger partial charge on any atom is -0.508 e. The van der Waals surface area contributed by atoms with Crippen molar-refractivity contribution in [3.63, 3.8) is 0 Å². The molecule has 46 N–H and O–H groups in total.